The molecule has 1 aliphatic carbocycles. The molecule has 0 aliphatic heterocycles. The maximum Gasteiger partial charge on any atom is 0.411 e. The zero-order chi connectivity index (χ0) is 16.7. The molecule has 6 heteroatoms. The summed E-state index contributed by atoms with van der Waals surface area (Å²) in [6.07, 6.45) is 0.999. The van der Waals surface area contributed by atoms with Gasteiger partial charge in [-0.3, -0.25) is 4.79 Å². The normalized spacial score (nSPS) is 15.8. The van der Waals surface area contributed by atoms with Gasteiger partial charge in [0.2, 0.25) is 5.91 Å². The summed E-state index contributed by atoms with van der Waals surface area (Å²) in [6.45, 7) is -0.880. The highest BCUT2D eigenvalue weighted by atomic mass is 19.4. The molecule has 1 N–H and O–H groups in total. The standard InChI is InChI=1S/C17H22F3NO2/c18-17(19,20)12-23-11-15-7-5-14(6-8-15)10-21-16(22)9-13-3-1-2-4-13/h5-8,13H,1-4,9-12H2,(H,21,22). The van der Waals surface area contributed by atoms with Crippen LogP contribution in [-0.2, 0) is 22.7 Å². The highest BCUT2D eigenvalue weighted by molar-refractivity contribution is 5.76. The number of alkyl halides is 3. The molecular weight excluding hydrogens is 307 g/mol. The van der Waals surface area contributed by atoms with E-state index in [1.807, 2.05) is 0 Å². The van der Waals surface area contributed by atoms with Crippen molar-refractivity contribution in [1.29, 1.82) is 0 Å². The summed E-state index contributed by atoms with van der Waals surface area (Å²) >= 11 is 0. The molecule has 0 heterocycles. The number of carbonyl (C=O) groups excluding carboxylic acids is 1. The lowest BCUT2D eigenvalue weighted by Gasteiger charge is -2.10. The second kappa shape index (κ2) is 8.34. The topological polar surface area (TPSA) is 38.3 Å². The van der Waals surface area contributed by atoms with Crippen LogP contribution in [-0.4, -0.2) is 18.7 Å². The fourth-order valence-corrected chi connectivity index (χ4v) is 2.79. The SMILES string of the molecule is O=C(CC1CCCC1)NCc1ccc(COCC(F)(F)F)cc1. The van der Waals surface area contributed by atoms with Crippen LogP contribution in [0.5, 0.6) is 0 Å². The summed E-state index contributed by atoms with van der Waals surface area (Å²) in [5.74, 6) is 0.581. The molecule has 0 aromatic heterocycles. The largest absolute Gasteiger partial charge is 0.411 e. The Morgan fingerprint density at radius 2 is 1.74 bits per heavy atom. The van der Waals surface area contributed by atoms with Gasteiger partial charge in [-0.1, -0.05) is 37.1 Å². The van der Waals surface area contributed by atoms with Crippen LogP contribution in [0.1, 0.15) is 43.2 Å². The first-order valence-corrected chi connectivity index (χ1v) is 7.91. The van der Waals surface area contributed by atoms with E-state index in [2.05, 4.69) is 10.1 Å². The fourth-order valence-electron chi connectivity index (χ4n) is 2.79. The van der Waals surface area contributed by atoms with Crippen molar-refractivity contribution in [2.24, 2.45) is 5.92 Å². The second-order valence-electron chi connectivity index (χ2n) is 6.06. The molecule has 1 aliphatic rings. The molecule has 0 bridgehead atoms. The number of hydrogen-bond acceptors (Lipinski definition) is 2. The van der Waals surface area contributed by atoms with Crippen molar-refractivity contribution in [3.8, 4) is 0 Å². The lowest BCUT2D eigenvalue weighted by atomic mass is 10.0. The summed E-state index contributed by atoms with van der Waals surface area (Å²) in [5, 5.41) is 2.89. The van der Waals surface area contributed by atoms with Crippen molar-refractivity contribution < 1.29 is 22.7 Å². The van der Waals surface area contributed by atoms with Crippen molar-refractivity contribution in [3.05, 3.63) is 35.4 Å². The van der Waals surface area contributed by atoms with Gasteiger partial charge in [0.15, 0.2) is 0 Å². The first kappa shape index (κ1) is 17.8. The summed E-state index contributed by atoms with van der Waals surface area (Å²) in [6, 6.07) is 7.02. The molecule has 0 unspecified atom stereocenters. The lowest BCUT2D eigenvalue weighted by molar-refractivity contribution is -0.176. The predicted octanol–water partition coefficient (Wildman–Crippen LogP) is 3.96. The van der Waals surface area contributed by atoms with E-state index in [1.165, 1.54) is 12.8 Å². The Kier molecular flexibility index (Phi) is 6.45. The summed E-state index contributed by atoms with van der Waals surface area (Å²) in [4.78, 5) is 11.8. The van der Waals surface area contributed by atoms with Crippen LogP contribution >= 0.6 is 0 Å². The third-order valence-corrected chi connectivity index (χ3v) is 4.00. The minimum absolute atomic E-state index is 0.0643. The minimum Gasteiger partial charge on any atom is -0.367 e. The van der Waals surface area contributed by atoms with E-state index in [0.717, 1.165) is 18.4 Å². The number of carbonyl (C=O) groups is 1. The van der Waals surface area contributed by atoms with Crippen LogP contribution in [0.25, 0.3) is 0 Å². The molecular formula is C17H22F3NO2. The van der Waals surface area contributed by atoms with Gasteiger partial charge in [0, 0.05) is 13.0 Å². The second-order valence-corrected chi connectivity index (χ2v) is 6.06. The number of halogens is 3. The summed E-state index contributed by atoms with van der Waals surface area (Å²) < 4.78 is 40.5. The first-order valence-electron chi connectivity index (χ1n) is 7.91. The maximum atomic E-state index is 12.0. The minimum atomic E-state index is -4.30. The van der Waals surface area contributed by atoms with E-state index in [9.17, 15) is 18.0 Å². The Hall–Kier alpha value is -1.56. The third-order valence-electron chi connectivity index (χ3n) is 4.00. The molecule has 0 radical (unpaired) electrons. The average molecular weight is 329 g/mol. The van der Waals surface area contributed by atoms with Gasteiger partial charge in [0.1, 0.15) is 6.61 Å². The van der Waals surface area contributed by atoms with Crippen molar-refractivity contribution in [2.45, 2.75) is 51.4 Å². The molecule has 1 fully saturated rings. The van der Waals surface area contributed by atoms with E-state index in [0.29, 0.717) is 24.4 Å². The molecule has 1 aromatic rings. The van der Waals surface area contributed by atoms with Crippen LogP contribution in [0, 0.1) is 5.92 Å². The molecule has 23 heavy (non-hydrogen) atoms. The number of ether oxygens (including phenoxy) is 1. The maximum absolute atomic E-state index is 12.0. The Balaban J connectivity index is 1.68. The molecule has 3 nitrogen and oxygen atoms in total. The van der Waals surface area contributed by atoms with Crippen LogP contribution < -0.4 is 5.32 Å². The smallest absolute Gasteiger partial charge is 0.367 e. The van der Waals surface area contributed by atoms with Crippen LogP contribution in [0.4, 0.5) is 13.2 Å². The Morgan fingerprint density at radius 3 is 2.35 bits per heavy atom. The molecule has 1 aromatic carbocycles. The number of hydrogen-bond donors (Lipinski definition) is 1. The number of benzene rings is 1. The van der Waals surface area contributed by atoms with Gasteiger partial charge in [-0.25, -0.2) is 0 Å². The van der Waals surface area contributed by atoms with Gasteiger partial charge in [0.25, 0.3) is 0 Å². The highest BCUT2D eigenvalue weighted by Crippen LogP contribution is 2.27. The Morgan fingerprint density at radius 1 is 1.13 bits per heavy atom. The van der Waals surface area contributed by atoms with Gasteiger partial charge in [-0.15, -0.1) is 0 Å². The number of rotatable bonds is 7. The molecule has 1 amide bonds. The highest BCUT2D eigenvalue weighted by Gasteiger charge is 2.27. The molecule has 0 saturated heterocycles. The lowest BCUT2D eigenvalue weighted by Crippen LogP contribution is -2.24. The Labute approximate surface area is 134 Å². The fraction of sp³-hybridized carbons (Fsp3) is 0.588. The zero-order valence-corrected chi connectivity index (χ0v) is 13.0. The van der Waals surface area contributed by atoms with Crippen molar-refractivity contribution in [3.63, 3.8) is 0 Å². The van der Waals surface area contributed by atoms with Crippen LogP contribution in [0.2, 0.25) is 0 Å². The van der Waals surface area contributed by atoms with E-state index >= 15 is 0 Å². The predicted molar refractivity (Wildman–Crippen MR) is 80.6 cm³/mol. The molecule has 0 atom stereocenters. The molecule has 0 spiro atoms. The average Bonchev–Trinajstić information content (AvgIpc) is 2.98. The summed E-state index contributed by atoms with van der Waals surface area (Å²) in [5.41, 5.74) is 1.60. The monoisotopic (exact) mass is 329 g/mol. The number of nitrogens with one attached hydrogen (secondary N) is 1. The van der Waals surface area contributed by atoms with Gasteiger partial charge >= 0.3 is 6.18 Å². The number of amides is 1. The van der Waals surface area contributed by atoms with E-state index < -0.39 is 12.8 Å². The van der Waals surface area contributed by atoms with Gasteiger partial charge < -0.3 is 10.1 Å². The van der Waals surface area contributed by atoms with Crippen molar-refractivity contribution in [1.82, 2.24) is 5.32 Å². The molecule has 128 valence electrons. The van der Waals surface area contributed by atoms with Crippen molar-refractivity contribution in [2.75, 3.05) is 6.61 Å². The third kappa shape index (κ3) is 7.03. The van der Waals surface area contributed by atoms with Crippen LogP contribution in [0.15, 0.2) is 24.3 Å². The quantitative estimate of drug-likeness (QED) is 0.822. The summed E-state index contributed by atoms with van der Waals surface area (Å²) in [7, 11) is 0. The zero-order valence-electron chi connectivity index (χ0n) is 13.0. The van der Waals surface area contributed by atoms with E-state index in [4.69, 9.17) is 0 Å². The van der Waals surface area contributed by atoms with Gasteiger partial charge in [-0.2, -0.15) is 13.2 Å². The first-order chi connectivity index (χ1) is 10.9. The Bertz CT molecular complexity index is 494. The van der Waals surface area contributed by atoms with Gasteiger partial charge in [0.05, 0.1) is 6.61 Å². The van der Waals surface area contributed by atoms with E-state index in [1.54, 1.807) is 24.3 Å². The van der Waals surface area contributed by atoms with Crippen molar-refractivity contribution >= 4 is 5.91 Å². The van der Waals surface area contributed by atoms with E-state index in [-0.39, 0.29) is 12.5 Å². The molecule has 1 saturated carbocycles. The van der Waals surface area contributed by atoms with Gasteiger partial charge in [-0.05, 0) is 29.9 Å². The van der Waals surface area contributed by atoms with Crippen LogP contribution in [0.3, 0.4) is 0 Å². The molecule has 2 rings (SSSR count).